The van der Waals surface area contributed by atoms with Crippen LogP contribution in [0.3, 0.4) is 0 Å². The maximum absolute atomic E-state index is 12.2. The molecule has 1 aromatic heterocycles. The number of amides is 2. The van der Waals surface area contributed by atoms with Crippen molar-refractivity contribution >= 4 is 12.0 Å². The number of anilines is 1. The molecule has 1 saturated heterocycles. The summed E-state index contributed by atoms with van der Waals surface area (Å²) in [6.45, 7) is 11.3. The zero-order chi connectivity index (χ0) is 16.9. The molecule has 130 valence electrons. The number of urea groups is 1. The molecule has 2 rings (SSSR count). The molecule has 0 spiro atoms. The van der Waals surface area contributed by atoms with Crippen LogP contribution in [0, 0.1) is 5.41 Å². The Morgan fingerprint density at radius 2 is 2.09 bits per heavy atom. The van der Waals surface area contributed by atoms with Crippen molar-refractivity contribution in [2.45, 2.75) is 27.2 Å². The number of aromatic nitrogens is 2. The second-order valence-electron chi connectivity index (χ2n) is 6.71. The number of nitrogens with one attached hydrogen (secondary N) is 1. The molecule has 1 fully saturated rings. The van der Waals surface area contributed by atoms with Crippen molar-refractivity contribution in [1.29, 1.82) is 0 Å². The average molecular weight is 325 g/mol. The van der Waals surface area contributed by atoms with Crippen molar-refractivity contribution in [2.24, 2.45) is 5.41 Å². The Morgan fingerprint density at radius 3 is 2.70 bits per heavy atom. The van der Waals surface area contributed by atoms with E-state index in [4.69, 9.17) is 9.26 Å². The predicted molar refractivity (Wildman–Crippen MR) is 86.4 cm³/mol. The summed E-state index contributed by atoms with van der Waals surface area (Å²) in [5.41, 5.74) is -0.0210. The van der Waals surface area contributed by atoms with E-state index in [1.807, 2.05) is 6.92 Å². The molecule has 1 aromatic rings. The first kappa shape index (κ1) is 17.7. The van der Waals surface area contributed by atoms with Crippen molar-refractivity contribution in [3.8, 4) is 0 Å². The summed E-state index contributed by atoms with van der Waals surface area (Å²) in [6, 6.07) is -0.101. The van der Waals surface area contributed by atoms with E-state index < -0.39 is 0 Å². The number of carbonyl (C=O) groups excluding carboxylic acids is 1. The van der Waals surface area contributed by atoms with Gasteiger partial charge in [-0.1, -0.05) is 25.9 Å². The van der Waals surface area contributed by atoms with Gasteiger partial charge in [0.25, 0.3) is 0 Å². The van der Waals surface area contributed by atoms with E-state index in [1.54, 1.807) is 11.9 Å². The van der Waals surface area contributed by atoms with E-state index in [-0.39, 0.29) is 17.5 Å². The Bertz CT molecular complexity index is 511. The molecule has 0 aliphatic carbocycles. The number of carbonyl (C=O) groups is 1. The summed E-state index contributed by atoms with van der Waals surface area (Å²) in [4.78, 5) is 20.3. The van der Waals surface area contributed by atoms with Crippen LogP contribution in [0.4, 0.5) is 10.8 Å². The standard InChI is InChI=1S/C15H27N5O3/c1-5-12-16-13(23-18-12)17-14(21)19(4)10-15(2,3)11-20-6-8-22-9-7-20/h5-11H2,1-4H3,(H,16,17,18,21). The highest BCUT2D eigenvalue weighted by molar-refractivity contribution is 5.86. The van der Waals surface area contributed by atoms with E-state index >= 15 is 0 Å². The third-order valence-corrected chi connectivity index (χ3v) is 3.77. The van der Waals surface area contributed by atoms with Gasteiger partial charge in [0.05, 0.1) is 13.2 Å². The summed E-state index contributed by atoms with van der Waals surface area (Å²) in [5, 5.41) is 6.40. The van der Waals surface area contributed by atoms with E-state index in [0.717, 1.165) is 32.8 Å². The maximum Gasteiger partial charge on any atom is 0.329 e. The molecular weight excluding hydrogens is 298 g/mol. The van der Waals surface area contributed by atoms with Crippen LogP contribution in [0.1, 0.15) is 26.6 Å². The minimum Gasteiger partial charge on any atom is -0.379 e. The zero-order valence-corrected chi connectivity index (χ0v) is 14.5. The quantitative estimate of drug-likeness (QED) is 0.852. The number of morpholine rings is 1. The smallest absolute Gasteiger partial charge is 0.329 e. The van der Waals surface area contributed by atoms with Crippen LogP contribution >= 0.6 is 0 Å². The third kappa shape index (κ3) is 5.47. The molecule has 8 heteroatoms. The first-order valence-corrected chi connectivity index (χ1v) is 8.04. The molecule has 8 nitrogen and oxygen atoms in total. The molecule has 1 aliphatic heterocycles. The lowest BCUT2D eigenvalue weighted by atomic mass is 9.92. The number of hydrogen-bond donors (Lipinski definition) is 1. The highest BCUT2D eigenvalue weighted by Crippen LogP contribution is 2.19. The fraction of sp³-hybridized carbons (Fsp3) is 0.800. The first-order chi connectivity index (χ1) is 10.9. The Kier molecular flexibility index (Phi) is 5.95. The molecule has 0 saturated carbocycles. The fourth-order valence-electron chi connectivity index (χ4n) is 2.76. The number of hydrogen-bond acceptors (Lipinski definition) is 6. The summed E-state index contributed by atoms with van der Waals surface area (Å²) >= 11 is 0. The predicted octanol–water partition coefficient (Wildman–Crippen LogP) is 1.45. The van der Waals surface area contributed by atoms with Crippen LogP contribution < -0.4 is 5.32 Å². The van der Waals surface area contributed by atoms with Crippen molar-refractivity contribution in [1.82, 2.24) is 19.9 Å². The lowest BCUT2D eigenvalue weighted by Crippen LogP contribution is -2.47. The van der Waals surface area contributed by atoms with Gasteiger partial charge in [0.1, 0.15) is 0 Å². The minimum absolute atomic E-state index is 0.0210. The second kappa shape index (κ2) is 7.74. The number of ether oxygens (including phenoxy) is 1. The molecule has 23 heavy (non-hydrogen) atoms. The number of rotatable bonds is 6. The van der Waals surface area contributed by atoms with E-state index in [9.17, 15) is 4.79 Å². The largest absolute Gasteiger partial charge is 0.379 e. The summed E-state index contributed by atoms with van der Waals surface area (Å²) in [7, 11) is 1.77. The van der Waals surface area contributed by atoms with Gasteiger partial charge in [0, 0.05) is 39.6 Å². The third-order valence-electron chi connectivity index (χ3n) is 3.77. The van der Waals surface area contributed by atoms with Crippen molar-refractivity contribution in [3.05, 3.63) is 5.82 Å². The van der Waals surface area contributed by atoms with Gasteiger partial charge in [-0.3, -0.25) is 10.2 Å². The van der Waals surface area contributed by atoms with Crippen LogP contribution in [-0.4, -0.2) is 72.4 Å². The van der Waals surface area contributed by atoms with Crippen LogP contribution in [0.5, 0.6) is 0 Å². The fourth-order valence-corrected chi connectivity index (χ4v) is 2.76. The van der Waals surface area contributed by atoms with Crippen LogP contribution in [0.2, 0.25) is 0 Å². The van der Waals surface area contributed by atoms with Gasteiger partial charge in [0.15, 0.2) is 5.82 Å². The lowest BCUT2D eigenvalue weighted by molar-refractivity contribution is 0.0182. The first-order valence-electron chi connectivity index (χ1n) is 8.04. The van der Waals surface area contributed by atoms with Gasteiger partial charge in [-0.05, 0) is 5.41 Å². The molecule has 0 aromatic carbocycles. The lowest BCUT2D eigenvalue weighted by Gasteiger charge is -2.36. The Morgan fingerprint density at radius 1 is 1.39 bits per heavy atom. The van der Waals surface area contributed by atoms with Crippen molar-refractivity contribution in [3.63, 3.8) is 0 Å². The van der Waals surface area contributed by atoms with Crippen molar-refractivity contribution in [2.75, 3.05) is 51.8 Å². The molecule has 1 aliphatic rings. The van der Waals surface area contributed by atoms with Gasteiger partial charge in [0.2, 0.25) is 0 Å². The topological polar surface area (TPSA) is 83.7 Å². The van der Waals surface area contributed by atoms with E-state index in [1.165, 1.54) is 0 Å². The highest BCUT2D eigenvalue weighted by Gasteiger charge is 2.27. The zero-order valence-electron chi connectivity index (χ0n) is 14.5. The van der Waals surface area contributed by atoms with Crippen LogP contribution in [0.15, 0.2) is 4.52 Å². The number of aryl methyl sites for hydroxylation is 1. The molecule has 0 atom stereocenters. The Hall–Kier alpha value is -1.67. The molecule has 1 N–H and O–H groups in total. The Balaban J connectivity index is 1.83. The van der Waals surface area contributed by atoms with E-state index in [2.05, 4.69) is 34.2 Å². The molecule has 0 bridgehead atoms. The second-order valence-corrected chi connectivity index (χ2v) is 6.71. The minimum atomic E-state index is -0.244. The highest BCUT2D eigenvalue weighted by atomic mass is 16.5. The summed E-state index contributed by atoms with van der Waals surface area (Å²) in [5.74, 6) is 0.579. The molecular formula is C15H27N5O3. The maximum atomic E-state index is 12.2. The SMILES string of the molecule is CCc1noc(NC(=O)N(C)CC(C)(C)CN2CCOCC2)n1. The summed E-state index contributed by atoms with van der Waals surface area (Å²) < 4.78 is 10.4. The van der Waals surface area contributed by atoms with Crippen LogP contribution in [-0.2, 0) is 11.2 Å². The van der Waals surface area contributed by atoms with Gasteiger partial charge in [-0.2, -0.15) is 4.98 Å². The van der Waals surface area contributed by atoms with Gasteiger partial charge in [-0.25, -0.2) is 4.79 Å². The van der Waals surface area contributed by atoms with Gasteiger partial charge < -0.3 is 14.2 Å². The summed E-state index contributed by atoms with van der Waals surface area (Å²) in [6.07, 6.45) is 0.668. The normalized spacial score (nSPS) is 16.3. The monoisotopic (exact) mass is 325 g/mol. The molecule has 0 radical (unpaired) electrons. The Labute approximate surface area is 137 Å². The average Bonchev–Trinajstić information content (AvgIpc) is 2.94. The molecule has 0 unspecified atom stereocenters. The number of nitrogens with zero attached hydrogens (tertiary/aromatic N) is 4. The molecule has 2 heterocycles. The van der Waals surface area contributed by atoms with Gasteiger partial charge in [-0.15, -0.1) is 0 Å². The van der Waals surface area contributed by atoms with Crippen LogP contribution in [0.25, 0.3) is 0 Å². The molecule has 2 amide bonds. The van der Waals surface area contributed by atoms with Gasteiger partial charge >= 0.3 is 12.0 Å². The van der Waals surface area contributed by atoms with Crippen molar-refractivity contribution < 1.29 is 14.1 Å². The van der Waals surface area contributed by atoms with E-state index in [0.29, 0.717) is 18.8 Å².